The van der Waals surface area contributed by atoms with Crippen molar-refractivity contribution >= 4 is 27.3 Å². The first-order chi connectivity index (χ1) is 26.6. The molecule has 2 atom stereocenters. The first kappa shape index (κ1) is 44.7. The van der Waals surface area contributed by atoms with Crippen molar-refractivity contribution < 1.29 is 3.98 Å². The van der Waals surface area contributed by atoms with Gasteiger partial charge in [-0.15, -0.1) is 10.6 Å². The molecule has 0 amide bonds. The third-order valence-corrected chi connectivity index (χ3v) is 15.7. The third-order valence-electron chi connectivity index (χ3n) is 13.0. The van der Waals surface area contributed by atoms with Crippen LogP contribution in [0.2, 0.25) is 0 Å². The van der Waals surface area contributed by atoms with Gasteiger partial charge in [0.1, 0.15) is 0 Å². The number of aromatic nitrogens is 1. The minimum atomic E-state index is -2.27. The summed E-state index contributed by atoms with van der Waals surface area (Å²) >= 11 is 0. The molecular formula is C54H77N2S+. The van der Waals surface area contributed by atoms with Gasteiger partial charge in [-0.3, -0.25) is 0 Å². The van der Waals surface area contributed by atoms with E-state index in [1.54, 1.807) is 0 Å². The lowest BCUT2D eigenvalue weighted by molar-refractivity contribution is -0.283. The van der Waals surface area contributed by atoms with Gasteiger partial charge >= 0.3 is 0 Å². The van der Waals surface area contributed by atoms with Crippen molar-refractivity contribution in [3.63, 3.8) is 0 Å². The molecule has 0 fully saturated rings. The van der Waals surface area contributed by atoms with Crippen LogP contribution in [0.25, 0.3) is 11.1 Å². The van der Waals surface area contributed by atoms with Crippen LogP contribution in [-0.2, 0) is 0 Å². The largest absolute Gasteiger partial charge is 0.238 e. The third kappa shape index (κ3) is 9.11. The Bertz CT molecular complexity index is 2090. The number of unbranched alkanes of at least 4 members (excludes halogenated alkanes) is 1. The summed E-state index contributed by atoms with van der Waals surface area (Å²) in [6, 6.07) is 13.4. The van der Waals surface area contributed by atoms with E-state index in [-0.39, 0.29) is 16.2 Å². The molecule has 308 valence electrons. The van der Waals surface area contributed by atoms with Crippen LogP contribution >= 0.6 is 10.4 Å². The fourth-order valence-corrected chi connectivity index (χ4v) is 12.9. The molecule has 1 aromatic heterocycles. The molecule has 2 aliphatic heterocycles. The second-order valence-electron chi connectivity index (χ2n) is 21.1. The molecule has 2 unspecified atom stereocenters. The predicted octanol–water partition coefficient (Wildman–Crippen LogP) is 15.6. The maximum absolute atomic E-state index is 4.21. The number of hydrogen-bond donors (Lipinski definition) is 0. The Kier molecular flexibility index (Phi) is 13.4. The molecule has 0 spiro atoms. The van der Waals surface area contributed by atoms with Gasteiger partial charge in [0.15, 0.2) is 10.4 Å². The van der Waals surface area contributed by atoms with Crippen molar-refractivity contribution in [2.75, 3.05) is 0 Å². The Morgan fingerprint density at radius 1 is 0.930 bits per heavy atom. The highest BCUT2D eigenvalue weighted by Gasteiger charge is 2.57. The van der Waals surface area contributed by atoms with Crippen molar-refractivity contribution in [1.29, 1.82) is 0 Å². The molecule has 0 bridgehead atoms. The van der Waals surface area contributed by atoms with Crippen LogP contribution in [-0.4, -0.2) is 13.7 Å². The number of hydrogen-bond acceptors (Lipinski definition) is 0. The van der Waals surface area contributed by atoms with Crippen LogP contribution in [0.1, 0.15) is 177 Å². The average molecular weight is 786 g/mol. The molecule has 3 heteroatoms. The summed E-state index contributed by atoms with van der Waals surface area (Å²) in [5.74, 6) is 9.04. The number of allylic oxidation sites excluding steroid dienone is 6. The molecule has 57 heavy (non-hydrogen) atoms. The van der Waals surface area contributed by atoms with E-state index < -0.39 is 10.4 Å². The Morgan fingerprint density at radius 2 is 1.60 bits per heavy atom. The van der Waals surface area contributed by atoms with Crippen molar-refractivity contribution in [1.82, 2.24) is 3.97 Å². The van der Waals surface area contributed by atoms with Crippen molar-refractivity contribution in [2.45, 2.75) is 168 Å². The molecule has 1 aliphatic carbocycles. The number of nitrogens with zero attached hydrogens (tertiary/aromatic N) is 2. The highest BCUT2D eigenvalue weighted by molar-refractivity contribution is 8.35. The normalized spacial score (nSPS) is 20.6. The smallest absolute Gasteiger partial charge is 0.230 e. The Labute approximate surface area is 352 Å². The Morgan fingerprint density at radius 3 is 2.21 bits per heavy atom. The van der Waals surface area contributed by atoms with Gasteiger partial charge in [-0.1, -0.05) is 138 Å². The fourth-order valence-electron chi connectivity index (χ4n) is 9.84. The number of fused-ring (bicyclic) bond motifs is 3. The van der Waals surface area contributed by atoms with E-state index in [1.165, 1.54) is 75.5 Å². The van der Waals surface area contributed by atoms with E-state index in [1.807, 2.05) is 0 Å². The van der Waals surface area contributed by atoms with E-state index in [2.05, 4.69) is 189 Å². The molecule has 0 radical (unpaired) electrons. The summed E-state index contributed by atoms with van der Waals surface area (Å²) in [4.78, 5) is 0. The topological polar surface area (TPSA) is 7.94 Å². The number of rotatable bonds is 14. The van der Waals surface area contributed by atoms with Crippen molar-refractivity contribution in [3.8, 4) is 22.3 Å². The van der Waals surface area contributed by atoms with E-state index in [0.29, 0.717) is 17.3 Å². The highest BCUT2D eigenvalue weighted by atomic mass is 32.3. The summed E-state index contributed by atoms with van der Waals surface area (Å²) in [5.41, 5.74) is 14.0. The molecule has 3 aliphatic rings. The lowest BCUT2D eigenvalue weighted by Crippen LogP contribution is -2.31. The van der Waals surface area contributed by atoms with Gasteiger partial charge in [0.2, 0.25) is 11.4 Å². The second kappa shape index (κ2) is 17.1. The molecule has 3 heterocycles. The van der Waals surface area contributed by atoms with Gasteiger partial charge < -0.3 is 0 Å². The predicted molar refractivity (Wildman–Crippen MR) is 253 cm³/mol. The summed E-state index contributed by atoms with van der Waals surface area (Å²) in [6.45, 7) is 40.0. The van der Waals surface area contributed by atoms with Crippen LogP contribution in [0.15, 0.2) is 72.0 Å². The van der Waals surface area contributed by atoms with E-state index in [4.69, 9.17) is 0 Å². The summed E-state index contributed by atoms with van der Waals surface area (Å²) in [6.07, 6.45) is 15.3. The molecule has 1 aromatic carbocycles. The van der Waals surface area contributed by atoms with Crippen LogP contribution in [0, 0.1) is 69.7 Å². The maximum Gasteiger partial charge on any atom is 0.230 e. The van der Waals surface area contributed by atoms with Crippen molar-refractivity contribution in [2.24, 2.45) is 33.5 Å². The molecular weight excluding hydrogens is 709 g/mol. The lowest BCUT2D eigenvalue weighted by Gasteiger charge is -2.37. The van der Waals surface area contributed by atoms with Gasteiger partial charge in [0.25, 0.3) is 0 Å². The Balaban J connectivity index is 1.87. The van der Waals surface area contributed by atoms with E-state index >= 15 is 0 Å². The fraction of sp³-hybridized carbons (Fsp3) is 0.574. The zero-order chi connectivity index (χ0) is 42.1. The van der Waals surface area contributed by atoms with Crippen molar-refractivity contribution in [3.05, 3.63) is 94.5 Å². The first-order valence-electron chi connectivity index (χ1n) is 22.1. The summed E-state index contributed by atoms with van der Waals surface area (Å²) in [7, 11) is -2.27. The standard InChI is InChI=1S/C54H77N2S/c1-17-19-21-29-45-49-40(5)37-41(6)55(49)57(35-25-31-52(11,12)30-18-2,34-24-28-44(36-39(3)4)53(13,14)33-32-51(8,9)10)56-47-38-46(43-26-22-20-23-27-43)54(15,16)48(47)42(7)50(45)56/h17,20,22-23,26-27,37-39,44H,1,18-19,21,28-33,36H2,2-16H3/q+1. The molecule has 0 saturated heterocycles. The molecule has 2 aromatic rings. The number of benzene rings is 1. The SMILES string of the molecule is C=CCCCC1=C2C(C)=C3C(=[N+]2S(C#CCC(CC(C)C)C(C)(C)CCC(C)(C)C)(C#CCC(C)(C)CCC)n2c(C)cc(C)c21)C=C(c1ccccc1)C3(C)C. The van der Waals surface area contributed by atoms with Gasteiger partial charge in [-0.25, -0.2) is 3.97 Å². The molecule has 0 N–H and O–H groups in total. The molecule has 0 saturated carbocycles. The Hall–Kier alpha value is -3.40. The van der Waals surface area contributed by atoms with Gasteiger partial charge in [0, 0.05) is 51.7 Å². The zero-order valence-corrected chi connectivity index (χ0v) is 39.7. The molecule has 2 nitrogen and oxygen atoms in total. The highest BCUT2D eigenvalue weighted by Crippen LogP contribution is 2.64. The summed E-state index contributed by atoms with van der Waals surface area (Å²) < 4.78 is 5.36. The summed E-state index contributed by atoms with van der Waals surface area (Å²) in [5, 5.41) is 8.36. The van der Waals surface area contributed by atoms with Crippen LogP contribution in [0.3, 0.4) is 0 Å². The van der Waals surface area contributed by atoms with E-state index in [9.17, 15) is 0 Å². The maximum atomic E-state index is 4.21. The van der Waals surface area contributed by atoms with Crippen LogP contribution in [0.4, 0.5) is 0 Å². The average Bonchev–Trinajstić information content (AvgIpc) is 3.70. The first-order valence-corrected chi connectivity index (χ1v) is 23.7. The van der Waals surface area contributed by atoms with Crippen LogP contribution < -0.4 is 0 Å². The monoisotopic (exact) mass is 786 g/mol. The minimum Gasteiger partial charge on any atom is -0.238 e. The number of aryl methyl sites for hydroxylation is 2. The van der Waals surface area contributed by atoms with E-state index in [0.717, 1.165) is 44.9 Å². The molecule has 5 rings (SSSR count). The quantitative estimate of drug-likeness (QED) is 0.0780. The lowest BCUT2D eigenvalue weighted by atomic mass is 9.68. The van der Waals surface area contributed by atoms with Gasteiger partial charge in [-0.05, 0) is 117 Å². The van der Waals surface area contributed by atoms with Crippen LogP contribution in [0.5, 0.6) is 0 Å². The zero-order valence-electron chi connectivity index (χ0n) is 38.9. The van der Waals surface area contributed by atoms with Gasteiger partial charge in [0.05, 0.1) is 11.3 Å². The second-order valence-corrected chi connectivity index (χ2v) is 23.4. The minimum absolute atomic E-state index is 0.135. The van der Waals surface area contributed by atoms with Gasteiger partial charge in [-0.2, -0.15) is 0 Å².